The molecular weight excluding hydrogens is 264 g/mol. The monoisotopic (exact) mass is 288 g/mol. The Morgan fingerprint density at radius 3 is 2.86 bits per heavy atom. The lowest BCUT2D eigenvalue weighted by Crippen LogP contribution is -2.37. The van der Waals surface area contributed by atoms with Crippen molar-refractivity contribution >= 4 is 16.9 Å². The molecule has 1 fully saturated rings. The van der Waals surface area contributed by atoms with Crippen molar-refractivity contribution in [3.63, 3.8) is 0 Å². The average Bonchev–Trinajstić information content (AvgIpc) is 2.76. The van der Waals surface area contributed by atoms with Gasteiger partial charge in [0, 0.05) is 19.6 Å². The van der Waals surface area contributed by atoms with Crippen LogP contribution in [-0.2, 0) is 13.6 Å². The van der Waals surface area contributed by atoms with E-state index in [4.69, 9.17) is 9.97 Å². The van der Waals surface area contributed by atoms with Gasteiger partial charge in [-0.3, -0.25) is 9.58 Å². The van der Waals surface area contributed by atoms with E-state index in [1.54, 1.807) is 0 Å². The summed E-state index contributed by atoms with van der Waals surface area (Å²) in [6.07, 6.45) is 6.85. The SMILES string of the molecule is CCCNc1nc(CN(C)C2CCC2)nc2c1cnn2C. The highest BCUT2D eigenvalue weighted by molar-refractivity contribution is 5.86. The molecule has 0 unspecified atom stereocenters. The van der Waals surface area contributed by atoms with Crippen molar-refractivity contribution < 1.29 is 0 Å². The van der Waals surface area contributed by atoms with Crippen molar-refractivity contribution in [3.05, 3.63) is 12.0 Å². The van der Waals surface area contributed by atoms with Crippen LogP contribution in [0.25, 0.3) is 11.0 Å². The summed E-state index contributed by atoms with van der Waals surface area (Å²) < 4.78 is 1.82. The van der Waals surface area contributed by atoms with Gasteiger partial charge >= 0.3 is 0 Å². The predicted molar refractivity (Wildman–Crippen MR) is 84.2 cm³/mol. The van der Waals surface area contributed by atoms with Gasteiger partial charge in [0.2, 0.25) is 0 Å². The normalized spacial score (nSPS) is 15.6. The zero-order chi connectivity index (χ0) is 14.8. The van der Waals surface area contributed by atoms with Gasteiger partial charge in [-0.1, -0.05) is 13.3 Å². The number of hydrogen-bond donors (Lipinski definition) is 1. The minimum absolute atomic E-state index is 0.697. The van der Waals surface area contributed by atoms with Gasteiger partial charge in [0.15, 0.2) is 5.65 Å². The number of nitrogens with one attached hydrogen (secondary N) is 1. The summed E-state index contributed by atoms with van der Waals surface area (Å²) in [5, 5.41) is 8.71. The van der Waals surface area contributed by atoms with E-state index in [-0.39, 0.29) is 0 Å². The van der Waals surface area contributed by atoms with Crippen LogP contribution in [-0.4, -0.2) is 44.3 Å². The van der Waals surface area contributed by atoms with E-state index < -0.39 is 0 Å². The number of rotatable bonds is 6. The van der Waals surface area contributed by atoms with Crippen LogP contribution in [0, 0.1) is 0 Å². The Kier molecular flexibility index (Phi) is 4.05. The molecule has 3 rings (SSSR count). The van der Waals surface area contributed by atoms with Gasteiger partial charge in [0.05, 0.1) is 18.1 Å². The van der Waals surface area contributed by atoms with Crippen molar-refractivity contribution in [2.24, 2.45) is 7.05 Å². The molecule has 6 heteroatoms. The first kappa shape index (κ1) is 14.3. The topological polar surface area (TPSA) is 58.9 Å². The zero-order valence-electron chi connectivity index (χ0n) is 13.1. The number of nitrogens with zero attached hydrogens (tertiary/aromatic N) is 5. The van der Waals surface area contributed by atoms with Crippen LogP contribution in [0.3, 0.4) is 0 Å². The van der Waals surface area contributed by atoms with Crippen LogP contribution in [0.5, 0.6) is 0 Å². The fourth-order valence-electron chi connectivity index (χ4n) is 2.70. The molecule has 0 spiro atoms. The molecule has 0 radical (unpaired) electrons. The highest BCUT2D eigenvalue weighted by Crippen LogP contribution is 2.25. The molecular formula is C15H24N6. The van der Waals surface area contributed by atoms with E-state index in [1.807, 2.05) is 17.9 Å². The van der Waals surface area contributed by atoms with Crippen LogP contribution in [0.4, 0.5) is 5.82 Å². The van der Waals surface area contributed by atoms with Crippen molar-refractivity contribution in [2.75, 3.05) is 18.9 Å². The van der Waals surface area contributed by atoms with Gasteiger partial charge in [0.25, 0.3) is 0 Å². The first-order valence-corrected chi connectivity index (χ1v) is 7.81. The summed E-state index contributed by atoms with van der Waals surface area (Å²) in [6.45, 7) is 3.87. The van der Waals surface area contributed by atoms with Crippen molar-refractivity contribution in [1.29, 1.82) is 0 Å². The van der Waals surface area contributed by atoms with E-state index in [2.05, 4.69) is 29.3 Å². The average molecular weight is 288 g/mol. The van der Waals surface area contributed by atoms with Crippen LogP contribution in [0.1, 0.15) is 38.4 Å². The summed E-state index contributed by atoms with van der Waals surface area (Å²) >= 11 is 0. The number of fused-ring (bicyclic) bond motifs is 1. The quantitative estimate of drug-likeness (QED) is 0.883. The third-order valence-corrected chi connectivity index (χ3v) is 4.27. The summed E-state index contributed by atoms with van der Waals surface area (Å²) in [5.74, 6) is 1.78. The van der Waals surface area contributed by atoms with Crippen LogP contribution in [0.15, 0.2) is 6.20 Å². The standard InChI is InChI=1S/C15H24N6/c1-4-8-16-14-12-9-17-21(3)15(12)19-13(18-14)10-20(2)11-6-5-7-11/h9,11H,4-8,10H2,1-3H3,(H,16,18,19). The second-order valence-corrected chi connectivity index (χ2v) is 5.92. The Hall–Kier alpha value is -1.69. The first-order chi connectivity index (χ1) is 10.2. The van der Waals surface area contributed by atoms with Gasteiger partial charge in [-0.25, -0.2) is 9.97 Å². The molecule has 0 amide bonds. The Bertz CT molecular complexity index is 616. The summed E-state index contributed by atoms with van der Waals surface area (Å²) in [5.41, 5.74) is 0.903. The molecule has 114 valence electrons. The van der Waals surface area contributed by atoms with E-state index in [0.29, 0.717) is 6.04 Å². The second-order valence-electron chi connectivity index (χ2n) is 5.92. The fraction of sp³-hybridized carbons (Fsp3) is 0.667. The minimum Gasteiger partial charge on any atom is -0.369 e. The molecule has 1 N–H and O–H groups in total. The summed E-state index contributed by atoms with van der Waals surface area (Å²) in [7, 11) is 4.10. The van der Waals surface area contributed by atoms with Crippen molar-refractivity contribution in [2.45, 2.75) is 45.2 Å². The molecule has 6 nitrogen and oxygen atoms in total. The van der Waals surface area contributed by atoms with Crippen molar-refractivity contribution in [3.8, 4) is 0 Å². The van der Waals surface area contributed by atoms with Crippen molar-refractivity contribution in [1.82, 2.24) is 24.6 Å². The third-order valence-electron chi connectivity index (χ3n) is 4.27. The van der Waals surface area contributed by atoms with Crippen LogP contribution in [0.2, 0.25) is 0 Å². The lowest BCUT2D eigenvalue weighted by molar-refractivity contribution is 0.149. The summed E-state index contributed by atoms with van der Waals surface area (Å²) in [6, 6.07) is 0.697. The Balaban J connectivity index is 1.88. The van der Waals surface area contributed by atoms with Crippen LogP contribution >= 0.6 is 0 Å². The minimum atomic E-state index is 0.697. The smallest absolute Gasteiger partial charge is 0.163 e. The molecule has 2 heterocycles. The molecule has 1 saturated carbocycles. The van der Waals surface area contributed by atoms with E-state index in [1.165, 1.54) is 19.3 Å². The van der Waals surface area contributed by atoms with Gasteiger partial charge in [-0.05, 0) is 26.3 Å². The first-order valence-electron chi connectivity index (χ1n) is 7.81. The molecule has 0 bridgehead atoms. The summed E-state index contributed by atoms with van der Waals surface area (Å²) in [4.78, 5) is 11.8. The van der Waals surface area contributed by atoms with E-state index >= 15 is 0 Å². The fourth-order valence-corrected chi connectivity index (χ4v) is 2.70. The van der Waals surface area contributed by atoms with Gasteiger partial charge in [-0.2, -0.15) is 5.10 Å². The molecule has 0 saturated heterocycles. The number of hydrogen-bond acceptors (Lipinski definition) is 5. The van der Waals surface area contributed by atoms with Gasteiger partial charge in [-0.15, -0.1) is 0 Å². The van der Waals surface area contributed by atoms with Gasteiger partial charge < -0.3 is 5.32 Å². The highest BCUT2D eigenvalue weighted by Gasteiger charge is 2.23. The molecule has 0 atom stereocenters. The third kappa shape index (κ3) is 2.85. The molecule has 0 aliphatic heterocycles. The second kappa shape index (κ2) is 5.97. The Morgan fingerprint density at radius 2 is 2.19 bits per heavy atom. The van der Waals surface area contributed by atoms with Crippen LogP contribution < -0.4 is 5.32 Å². The Morgan fingerprint density at radius 1 is 1.38 bits per heavy atom. The maximum absolute atomic E-state index is 4.72. The molecule has 2 aromatic heterocycles. The Labute approximate surface area is 125 Å². The number of anilines is 1. The lowest BCUT2D eigenvalue weighted by atomic mass is 9.92. The van der Waals surface area contributed by atoms with E-state index in [0.717, 1.165) is 42.2 Å². The number of aryl methyl sites for hydroxylation is 1. The molecule has 0 aromatic carbocycles. The maximum Gasteiger partial charge on any atom is 0.163 e. The maximum atomic E-state index is 4.72. The van der Waals surface area contributed by atoms with E-state index in [9.17, 15) is 0 Å². The number of aromatic nitrogens is 4. The molecule has 1 aliphatic carbocycles. The molecule has 21 heavy (non-hydrogen) atoms. The molecule has 1 aliphatic rings. The zero-order valence-corrected chi connectivity index (χ0v) is 13.1. The highest BCUT2D eigenvalue weighted by atomic mass is 15.3. The van der Waals surface area contributed by atoms with Gasteiger partial charge in [0.1, 0.15) is 11.6 Å². The molecule has 2 aromatic rings. The predicted octanol–water partition coefficient (Wildman–Crippen LogP) is 2.17. The lowest BCUT2D eigenvalue weighted by Gasteiger charge is -2.34. The largest absolute Gasteiger partial charge is 0.369 e.